The fourth-order valence-electron chi connectivity index (χ4n) is 2.22. The van der Waals surface area contributed by atoms with E-state index in [1.54, 1.807) is 19.2 Å². The van der Waals surface area contributed by atoms with Crippen LogP contribution in [0.2, 0.25) is 5.02 Å². The number of aromatic nitrogens is 2. The van der Waals surface area contributed by atoms with Gasteiger partial charge in [-0.3, -0.25) is 4.68 Å². The molecule has 0 aliphatic rings. The zero-order chi connectivity index (χ0) is 14.6. The number of hydrogen-bond donors (Lipinski definition) is 2. The molecule has 1 aromatic carbocycles. The summed E-state index contributed by atoms with van der Waals surface area (Å²) < 4.78 is 1.93. The van der Waals surface area contributed by atoms with Crippen molar-refractivity contribution in [3.8, 4) is 0 Å². The largest absolute Gasteiger partial charge is 0.384 e. The smallest absolute Gasteiger partial charge is 0.101 e. The van der Waals surface area contributed by atoms with Crippen LogP contribution in [0.1, 0.15) is 25.1 Å². The molecule has 0 radical (unpaired) electrons. The van der Waals surface area contributed by atoms with Crippen molar-refractivity contribution in [3.05, 3.63) is 52.8 Å². The van der Waals surface area contributed by atoms with Crippen molar-refractivity contribution in [2.24, 2.45) is 0 Å². The lowest BCUT2D eigenvalue weighted by molar-refractivity contribution is 0.0566. The lowest BCUT2D eigenvalue weighted by atomic mass is 9.96. The minimum atomic E-state index is -1.00. The number of nitrogens with one attached hydrogen (secondary N) is 1. The summed E-state index contributed by atoms with van der Waals surface area (Å²) in [5.41, 5.74) is 0.829. The van der Waals surface area contributed by atoms with Crippen LogP contribution < -0.4 is 5.32 Å². The van der Waals surface area contributed by atoms with Crippen molar-refractivity contribution in [1.29, 1.82) is 0 Å². The monoisotopic (exact) mass is 293 g/mol. The van der Waals surface area contributed by atoms with Gasteiger partial charge in [-0.2, -0.15) is 5.10 Å². The molecule has 1 aromatic heterocycles. The number of rotatable bonds is 6. The molecule has 1 atom stereocenters. The molecular weight excluding hydrogens is 274 g/mol. The first-order valence-electron chi connectivity index (χ1n) is 6.73. The summed E-state index contributed by atoms with van der Waals surface area (Å²) in [4.78, 5) is 0. The van der Waals surface area contributed by atoms with E-state index in [1.807, 2.05) is 28.9 Å². The van der Waals surface area contributed by atoms with Crippen LogP contribution >= 0.6 is 11.6 Å². The molecule has 0 saturated heterocycles. The molecule has 0 saturated carbocycles. The summed E-state index contributed by atoms with van der Waals surface area (Å²) in [7, 11) is 0. The van der Waals surface area contributed by atoms with Crippen LogP contribution in [0.4, 0.5) is 0 Å². The van der Waals surface area contributed by atoms with Gasteiger partial charge in [0, 0.05) is 36.4 Å². The van der Waals surface area contributed by atoms with Crippen LogP contribution in [0.5, 0.6) is 0 Å². The molecule has 0 bridgehead atoms. The van der Waals surface area contributed by atoms with Gasteiger partial charge >= 0.3 is 0 Å². The van der Waals surface area contributed by atoms with Crippen molar-refractivity contribution in [2.75, 3.05) is 6.54 Å². The number of hydrogen-bond acceptors (Lipinski definition) is 3. The third-order valence-electron chi connectivity index (χ3n) is 3.33. The number of aryl methyl sites for hydroxylation is 1. The quantitative estimate of drug-likeness (QED) is 0.860. The Bertz CT molecular complexity index is 566. The van der Waals surface area contributed by atoms with E-state index in [4.69, 9.17) is 11.6 Å². The predicted molar refractivity (Wildman–Crippen MR) is 80.6 cm³/mol. The second-order valence-electron chi connectivity index (χ2n) is 5.00. The van der Waals surface area contributed by atoms with Gasteiger partial charge in [-0.05, 0) is 26.0 Å². The van der Waals surface area contributed by atoms with E-state index in [9.17, 15) is 5.11 Å². The molecule has 2 rings (SSSR count). The van der Waals surface area contributed by atoms with Crippen LogP contribution in [-0.4, -0.2) is 21.4 Å². The molecular formula is C15H20ClN3O. The van der Waals surface area contributed by atoms with E-state index in [-0.39, 0.29) is 0 Å². The maximum atomic E-state index is 10.6. The topological polar surface area (TPSA) is 50.1 Å². The Hall–Kier alpha value is -1.36. The summed E-state index contributed by atoms with van der Waals surface area (Å²) >= 11 is 6.13. The molecule has 2 N–H and O–H groups in total. The molecule has 0 aliphatic heterocycles. The third-order valence-corrected chi connectivity index (χ3v) is 3.66. The van der Waals surface area contributed by atoms with E-state index in [2.05, 4.69) is 17.3 Å². The molecule has 20 heavy (non-hydrogen) atoms. The van der Waals surface area contributed by atoms with Crippen molar-refractivity contribution >= 4 is 11.6 Å². The Labute approximate surface area is 124 Å². The van der Waals surface area contributed by atoms with Crippen LogP contribution in [0.15, 0.2) is 36.5 Å². The van der Waals surface area contributed by atoms with E-state index in [1.165, 1.54) is 0 Å². The van der Waals surface area contributed by atoms with Gasteiger partial charge in [0.2, 0.25) is 0 Å². The second-order valence-corrected chi connectivity index (χ2v) is 5.40. The molecule has 4 nitrogen and oxygen atoms in total. The molecule has 1 heterocycles. The van der Waals surface area contributed by atoms with Crippen LogP contribution in [-0.2, 0) is 18.7 Å². The molecule has 5 heteroatoms. The summed E-state index contributed by atoms with van der Waals surface area (Å²) in [5.74, 6) is 0. The Balaban J connectivity index is 1.98. The van der Waals surface area contributed by atoms with Crippen molar-refractivity contribution in [3.63, 3.8) is 0 Å². The molecule has 2 aromatic rings. The van der Waals surface area contributed by atoms with Crippen molar-refractivity contribution in [2.45, 2.75) is 32.5 Å². The maximum absolute atomic E-state index is 10.6. The van der Waals surface area contributed by atoms with Crippen LogP contribution in [0.3, 0.4) is 0 Å². The molecule has 0 aliphatic carbocycles. The molecule has 0 spiro atoms. The molecule has 108 valence electrons. The summed E-state index contributed by atoms with van der Waals surface area (Å²) in [5, 5.41) is 18.6. The van der Waals surface area contributed by atoms with Crippen molar-refractivity contribution < 1.29 is 5.11 Å². The Morgan fingerprint density at radius 2 is 2.10 bits per heavy atom. The third kappa shape index (κ3) is 3.39. The maximum Gasteiger partial charge on any atom is 0.101 e. The molecule has 0 amide bonds. The van der Waals surface area contributed by atoms with Gasteiger partial charge in [-0.15, -0.1) is 0 Å². The number of aliphatic hydroxyl groups is 1. The first kappa shape index (κ1) is 15.0. The summed E-state index contributed by atoms with van der Waals surface area (Å²) in [6, 6.07) is 9.34. The summed E-state index contributed by atoms with van der Waals surface area (Å²) in [6.45, 7) is 5.74. The highest BCUT2D eigenvalue weighted by atomic mass is 35.5. The average Bonchev–Trinajstić information content (AvgIpc) is 2.86. The van der Waals surface area contributed by atoms with E-state index >= 15 is 0 Å². The van der Waals surface area contributed by atoms with Gasteiger partial charge in [0.15, 0.2) is 0 Å². The highest BCUT2D eigenvalue weighted by molar-refractivity contribution is 6.31. The predicted octanol–water partition coefficient (Wildman–Crippen LogP) is 2.55. The van der Waals surface area contributed by atoms with Crippen LogP contribution in [0, 0.1) is 0 Å². The zero-order valence-corrected chi connectivity index (χ0v) is 12.6. The minimum absolute atomic E-state index is 0.422. The fraction of sp³-hybridized carbons (Fsp3) is 0.400. The summed E-state index contributed by atoms with van der Waals surface area (Å²) in [6.07, 6.45) is 1.78. The fourth-order valence-corrected chi connectivity index (χ4v) is 2.56. The second kappa shape index (κ2) is 6.39. The highest BCUT2D eigenvalue weighted by Gasteiger charge is 2.24. The van der Waals surface area contributed by atoms with Crippen molar-refractivity contribution in [1.82, 2.24) is 15.1 Å². The number of benzene rings is 1. The van der Waals surface area contributed by atoms with Crippen LogP contribution in [0.25, 0.3) is 0 Å². The SMILES string of the molecule is CCn1nccc1CNCC(C)(O)c1ccccc1Cl. The normalized spacial score (nSPS) is 14.2. The zero-order valence-electron chi connectivity index (χ0n) is 11.8. The molecule has 1 unspecified atom stereocenters. The van der Waals surface area contributed by atoms with E-state index in [0.717, 1.165) is 17.8 Å². The Kier molecular flexibility index (Phi) is 4.81. The minimum Gasteiger partial charge on any atom is -0.384 e. The first-order valence-corrected chi connectivity index (χ1v) is 7.11. The first-order chi connectivity index (χ1) is 9.54. The van der Waals surface area contributed by atoms with Gasteiger partial charge in [-0.1, -0.05) is 29.8 Å². The van der Waals surface area contributed by atoms with Gasteiger partial charge in [0.25, 0.3) is 0 Å². The highest BCUT2D eigenvalue weighted by Crippen LogP contribution is 2.27. The number of halogens is 1. The van der Waals surface area contributed by atoms with E-state index in [0.29, 0.717) is 18.1 Å². The molecule has 0 fully saturated rings. The van der Waals surface area contributed by atoms with Gasteiger partial charge < -0.3 is 10.4 Å². The standard InChI is InChI=1S/C15H20ClN3O/c1-3-19-12(8-9-18-19)10-17-11-15(2,20)13-6-4-5-7-14(13)16/h4-9,17,20H,3,10-11H2,1-2H3. The Morgan fingerprint density at radius 3 is 2.80 bits per heavy atom. The van der Waals surface area contributed by atoms with Gasteiger partial charge in [0.05, 0.1) is 5.69 Å². The lowest BCUT2D eigenvalue weighted by Crippen LogP contribution is -2.35. The average molecular weight is 294 g/mol. The van der Waals surface area contributed by atoms with E-state index < -0.39 is 5.60 Å². The lowest BCUT2D eigenvalue weighted by Gasteiger charge is -2.25. The van der Waals surface area contributed by atoms with Gasteiger partial charge in [0.1, 0.15) is 5.60 Å². The Morgan fingerprint density at radius 1 is 1.35 bits per heavy atom. The van der Waals surface area contributed by atoms with Gasteiger partial charge in [-0.25, -0.2) is 0 Å². The number of nitrogens with zero attached hydrogens (tertiary/aromatic N) is 2.